The average molecular weight is 120 g/mol. The first-order chi connectivity index (χ1) is 3.35. The summed E-state index contributed by atoms with van der Waals surface area (Å²) in [4.78, 5) is 9.82. The molecule has 0 rings (SSSR count). The van der Waals surface area contributed by atoms with Gasteiger partial charge in [-0.3, -0.25) is 4.79 Å². The van der Waals surface area contributed by atoms with Crippen LogP contribution in [0.15, 0.2) is 0 Å². The molecule has 0 spiro atoms. The molecule has 0 saturated carbocycles. The molecule has 7 heavy (non-hydrogen) atoms. The van der Waals surface area contributed by atoms with Crippen LogP contribution in [0.1, 0.15) is 0 Å². The van der Waals surface area contributed by atoms with Gasteiger partial charge in [0.05, 0.1) is 0 Å². The fourth-order valence-electron chi connectivity index (χ4n) is 0.207. The van der Waals surface area contributed by atoms with E-state index in [2.05, 4.69) is 4.74 Å². The number of hydrogen-bond acceptors (Lipinski definition) is 3. The lowest BCUT2D eigenvalue weighted by Crippen LogP contribution is -2.04. The summed E-state index contributed by atoms with van der Waals surface area (Å²) in [5.74, 6) is 0. The van der Waals surface area contributed by atoms with Gasteiger partial charge >= 0.3 is 0 Å². The Morgan fingerprint density at radius 3 is 2.43 bits per heavy atom. The molecule has 0 aromatic rings. The maximum atomic E-state index is 9.82. The third-order valence-electron chi connectivity index (χ3n) is 0.576. The third kappa shape index (κ3) is 2.65. The summed E-state index contributed by atoms with van der Waals surface area (Å²) in [6, 6.07) is 0. The van der Waals surface area contributed by atoms with Gasteiger partial charge in [0, 0.05) is 7.11 Å². The van der Waals surface area contributed by atoms with Crippen LogP contribution in [0, 0.1) is 0 Å². The Bertz CT molecular complexity index is 51.7. The van der Waals surface area contributed by atoms with E-state index in [0.717, 1.165) is 6.29 Å². The molecule has 0 aromatic heterocycles. The zero-order valence-electron chi connectivity index (χ0n) is 4.38. The van der Waals surface area contributed by atoms with Crippen LogP contribution in [0.3, 0.4) is 0 Å². The van der Waals surface area contributed by atoms with Gasteiger partial charge in [-0.15, -0.1) is 11.8 Å². The fraction of sp³-hybridized carbons (Fsp3) is 0.750. The number of rotatable bonds is 3. The summed E-state index contributed by atoms with van der Waals surface area (Å²) in [6.07, 6.45) is 2.59. The molecule has 0 aliphatic heterocycles. The summed E-state index contributed by atoms with van der Waals surface area (Å²) >= 11 is 1.38. The maximum absolute atomic E-state index is 9.82. The molecule has 0 heterocycles. The molecule has 0 aliphatic carbocycles. The van der Waals surface area contributed by atoms with E-state index < -0.39 is 0 Å². The van der Waals surface area contributed by atoms with Gasteiger partial charge in [0.2, 0.25) is 0 Å². The fourth-order valence-corrected chi connectivity index (χ4v) is 0.511. The molecule has 0 N–H and O–H groups in total. The molecule has 0 amide bonds. The van der Waals surface area contributed by atoms with Crippen molar-refractivity contribution >= 4 is 18.0 Å². The minimum atomic E-state index is -0.278. The van der Waals surface area contributed by atoms with Crippen LogP contribution in [0.25, 0.3) is 0 Å². The Morgan fingerprint density at radius 1 is 1.86 bits per heavy atom. The highest BCUT2D eigenvalue weighted by atomic mass is 32.2. The molecular weight excluding hydrogens is 112 g/mol. The Balaban J connectivity index is 3.16. The van der Waals surface area contributed by atoms with Gasteiger partial charge in [-0.2, -0.15) is 0 Å². The van der Waals surface area contributed by atoms with Crippen molar-refractivity contribution in [2.45, 2.75) is 5.44 Å². The monoisotopic (exact) mass is 120 g/mol. The molecule has 2 nitrogen and oxygen atoms in total. The van der Waals surface area contributed by atoms with Crippen molar-refractivity contribution < 1.29 is 9.53 Å². The zero-order valence-corrected chi connectivity index (χ0v) is 5.20. The summed E-state index contributed by atoms with van der Waals surface area (Å²) in [5.41, 5.74) is -0.278. The first-order valence-electron chi connectivity index (χ1n) is 1.86. The molecule has 3 heteroatoms. The first-order valence-corrected chi connectivity index (χ1v) is 3.14. The summed E-state index contributed by atoms with van der Waals surface area (Å²) in [7, 11) is 1.51. The van der Waals surface area contributed by atoms with Crippen molar-refractivity contribution in [2.75, 3.05) is 13.4 Å². The van der Waals surface area contributed by atoms with E-state index in [-0.39, 0.29) is 5.44 Å². The second kappa shape index (κ2) is 4.15. The predicted octanol–water partition coefficient (Wildman–Crippen LogP) is 0.521. The number of carbonyl (C=O) groups excluding carboxylic acids is 1. The van der Waals surface area contributed by atoms with E-state index in [1.807, 2.05) is 6.26 Å². The highest BCUT2D eigenvalue weighted by molar-refractivity contribution is 7.99. The molecule has 1 atom stereocenters. The van der Waals surface area contributed by atoms with Crippen molar-refractivity contribution in [3.8, 4) is 0 Å². The highest BCUT2D eigenvalue weighted by Gasteiger charge is 1.97. The molecular formula is C4H8O2S. The van der Waals surface area contributed by atoms with Crippen LogP contribution in [-0.4, -0.2) is 25.1 Å². The lowest BCUT2D eigenvalue weighted by molar-refractivity contribution is -0.112. The van der Waals surface area contributed by atoms with Gasteiger partial charge < -0.3 is 4.74 Å². The standard InChI is InChI=1S/C4H8O2S/c1-6-4(3-5)7-2/h3-4H,1-2H3. The Hall–Kier alpha value is -0.0200. The van der Waals surface area contributed by atoms with Crippen LogP contribution in [-0.2, 0) is 9.53 Å². The molecule has 42 valence electrons. The number of aldehydes is 1. The second-order valence-electron chi connectivity index (χ2n) is 0.976. The van der Waals surface area contributed by atoms with Crippen LogP contribution >= 0.6 is 11.8 Å². The molecule has 0 fully saturated rings. The largest absolute Gasteiger partial charge is 0.363 e. The van der Waals surface area contributed by atoms with E-state index in [1.165, 1.54) is 18.9 Å². The van der Waals surface area contributed by atoms with Crippen molar-refractivity contribution in [3.05, 3.63) is 0 Å². The summed E-state index contributed by atoms with van der Waals surface area (Å²) in [5, 5.41) is 0. The van der Waals surface area contributed by atoms with E-state index in [1.54, 1.807) is 0 Å². The number of carbonyl (C=O) groups is 1. The molecule has 0 radical (unpaired) electrons. The molecule has 0 aliphatic rings. The maximum Gasteiger partial charge on any atom is 0.159 e. The van der Waals surface area contributed by atoms with E-state index in [0.29, 0.717) is 0 Å². The molecule has 1 unspecified atom stereocenters. The number of thioether (sulfide) groups is 1. The second-order valence-corrected chi connectivity index (χ2v) is 1.91. The number of ether oxygens (including phenoxy) is 1. The predicted molar refractivity (Wildman–Crippen MR) is 30.4 cm³/mol. The van der Waals surface area contributed by atoms with Crippen molar-refractivity contribution in [3.63, 3.8) is 0 Å². The van der Waals surface area contributed by atoms with Crippen LogP contribution in [0.4, 0.5) is 0 Å². The third-order valence-corrected chi connectivity index (χ3v) is 1.34. The molecule has 0 bridgehead atoms. The average Bonchev–Trinajstić information content (AvgIpc) is 1.72. The lowest BCUT2D eigenvalue weighted by Gasteiger charge is -1.99. The van der Waals surface area contributed by atoms with Crippen molar-refractivity contribution in [2.24, 2.45) is 0 Å². The first kappa shape index (κ1) is 6.98. The van der Waals surface area contributed by atoms with Crippen LogP contribution in [0.5, 0.6) is 0 Å². The minimum absolute atomic E-state index is 0.278. The highest BCUT2D eigenvalue weighted by Crippen LogP contribution is 2.01. The van der Waals surface area contributed by atoms with Crippen LogP contribution in [0.2, 0.25) is 0 Å². The minimum Gasteiger partial charge on any atom is -0.363 e. The van der Waals surface area contributed by atoms with E-state index in [4.69, 9.17) is 0 Å². The quantitative estimate of drug-likeness (QED) is 0.401. The lowest BCUT2D eigenvalue weighted by atomic mass is 10.8. The molecule has 0 saturated heterocycles. The van der Waals surface area contributed by atoms with Gasteiger partial charge in [0.15, 0.2) is 11.7 Å². The summed E-state index contributed by atoms with van der Waals surface area (Å²) < 4.78 is 4.64. The van der Waals surface area contributed by atoms with Gasteiger partial charge in [0.25, 0.3) is 0 Å². The smallest absolute Gasteiger partial charge is 0.159 e. The van der Waals surface area contributed by atoms with Gasteiger partial charge in [-0.1, -0.05) is 0 Å². The van der Waals surface area contributed by atoms with Crippen molar-refractivity contribution in [1.82, 2.24) is 0 Å². The number of methoxy groups -OCH3 is 1. The Labute approximate surface area is 47.2 Å². The normalized spacial score (nSPS) is 13.4. The topological polar surface area (TPSA) is 26.3 Å². The van der Waals surface area contributed by atoms with Gasteiger partial charge in [-0.25, -0.2) is 0 Å². The Kier molecular flexibility index (Phi) is 4.14. The Morgan fingerprint density at radius 2 is 2.43 bits per heavy atom. The van der Waals surface area contributed by atoms with Crippen molar-refractivity contribution in [1.29, 1.82) is 0 Å². The zero-order chi connectivity index (χ0) is 5.70. The molecule has 0 aromatic carbocycles. The summed E-state index contributed by atoms with van der Waals surface area (Å²) in [6.45, 7) is 0. The van der Waals surface area contributed by atoms with Gasteiger partial charge in [-0.05, 0) is 6.26 Å². The van der Waals surface area contributed by atoms with E-state index >= 15 is 0 Å². The number of hydrogen-bond donors (Lipinski definition) is 0. The van der Waals surface area contributed by atoms with Crippen LogP contribution < -0.4 is 0 Å². The van der Waals surface area contributed by atoms with Gasteiger partial charge in [0.1, 0.15) is 0 Å². The SMILES string of the molecule is COC(C=O)SC. The van der Waals surface area contributed by atoms with E-state index in [9.17, 15) is 4.79 Å².